The molecule has 13 aromatic rings. The molecule has 0 aliphatic heterocycles. The normalized spacial score (nSPS) is 10.5. The standard InChI is InChI=1S/C44H32N2.C17H12N.C12H8.Ir/c1-3-17-37(18-4-1)45(43-23-11-15-35-13-7-9-21-41(35)43)39-29-25-33(26-30-39)34-27-31-40(32-28-34)46(38-19-5-2-6-20-38)44-24-12-16-36-14-8-10-22-42(36)44;1-3-7-14(8-4-1)16-11-12-18-17(13-16)15-9-5-2-6-10-15;1-3-7-11(8-4-1)12-9-5-2-6-10-12;/h1-32H;1-9,11-13H;1-7,9H;/q;-1;-2;+3. The van der Waals surface area contributed by atoms with Crippen LogP contribution in [0.4, 0.5) is 34.1 Å². The van der Waals surface area contributed by atoms with E-state index in [0.717, 1.165) is 56.5 Å². The van der Waals surface area contributed by atoms with Crippen molar-refractivity contribution >= 4 is 55.7 Å². The van der Waals surface area contributed by atoms with Gasteiger partial charge in [0.05, 0.1) is 11.4 Å². The summed E-state index contributed by atoms with van der Waals surface area (Å²) in [4.78, 5) is 9.09. The fraction of sp³-hybridized carbons (Fsp3) is 0. The van der Waals surface area contributed by atoms with Crippen LogP contribution < -0.4 is 9.80 Å². The molecule has 77 heavy (non-hydrogen) atoms. The fourth-order valence-corrected chi connectivity index (χ4v) is 9.48. The topological polar surface area (TPSA) is 19.4 Å². The van der Waals surface area contributed by atoms with Crippen LogP contribution in [-0.4, -0.2) is 4.98 Å². The third-order valence-corrected chi connectivity index (χ3v) is 13.2. The van der Waals surface area contributed by atoms with Crippen LogP contribution in [0.25, 0.3) is 66.2 Å². The van der Waals surface area contributed by atoms with E-state index in [0.29, 0.717) is 0 Å². The summed E-state index contributed by atoms with van der Waals surface area (Å²) in [6.07, 6.45) is 1.85. The first-order valence-corrected chi connectivity index (χ1v) is 25.5. The molecule has 0 amide bonds. The van der Waals surface area contributed by atoms with Crippen LogP contribution in [0.5, 0.6) is 0 Å². The molecule has 1 aromatic heterocycles. The zero-order valence-electron chi connectivity index (χ0n) is 42.2. The monoisotopic (exact) mass is 1160 g/mol. The Hall–Kier alpha value is -9.44. The molecule has 12 aromatic carbocycles. The van der Waals surface area contributed by atoms with Crippen LogP contribution >= 0.6 is 0 Å². The predicted molar refractivity (Wildman–Crippen MR) is 320 cm³/mol. The number of hydrogen-bond acceptors (Lipinski definition) is 3. The summed E-state index contributed by atoms with van der Waals surface area (Å²) in [6.45, 7) is 0. The summed E-state index contributed by atoms with van der Waals surface area (Å²) in [5.74, 6) is 0. The summed E-state index contributed by atoms with van der Waals surface area (Å²) in [6, 6.07) is 117. The first-order chi connectivity index (χ1) is 37.7. The van der Waals surface area contributed by atoms with Crippen molar-refractivity contribution in [3.8, 4) is 44.6 Å². The second-order valence-corrected chi connectivity index (χ2v) is 18.1. The molecule has 0 aliphatic rings. The van der Waals surface area contributed by atoms with Crippen molar-refractivity contribution in [3.63, 3.8) is 0 Å². The van der Waals surface area contributed by atoms with Gasteiger partial charge in [0, 0.05) is 39.7 Å². The second-order valence-electron chi connectivity index (χ2n) is 18.1. The van der Waals surface area contributed by atoms with E-state index in [1.807, 2.05) is 103 Å². The summed E-state index contributed by atoms with van der Waals surface area (Å²) < 4.78 is 0. The number of anilines is 6. The Morgan fingerprint density at radius 3 is 1.08 bits per heavy atom. The average Bonchev–Trinajstić information content (AvgIpc) is 3.52. The third kappa shape index (κ3) is 12.2. The molecule has 0 atom stereocenters. The molecule has 0 N–H and O–H groups in total. The van der Waals surface area contributed by atoms with Gasteiger partial charge in [-0.25, -0.2) is 11.1 Å². The van der Waals surface area contributed by atoms with Gasteiger partial charge in [-0.05, 0) is 105 Å². The van der Waals surface area contributed by atoms with Gasteiger partial charge in [-0.1, -0.05) is 170 Å². The van der Waals surface area contributed by atoms with Gasteiger partial charge in [0.2, 0.25) is 0 Å². The molecule has 0 spiro atoms. The Morgan fingerprint density at radius 1 is 0.273 bits per heavy atom. The Balaban J connectivity index is 0.000000176. The molecule has 13 rings (SSSR count). The van der Waals surface area contributed by atoms with Gasteiger partial charge in [0.25, 0.3) is 0 Å². The number of pyridine rings is 1. The van der Waals surface area contributed by atoms with Crippen molar-refractivity contribution < 1.29 is 20.1 Å². The summed E-state index contributed by atoms with van der Waals surface area (Å²) >= 11 is 0. The SMILES string of the molecule is [Ir+3].[c-]1ccccc1-c1[c-]cccc1.[c-]1ccccc1-c1cc(-c2ccccc2)ccn1.c1ccc(N(c2ccc(-c3ccc(N(c4ccccc4)c4cccc5ccccc45)cc3)cc2)c2cccc3ccccc23)cc1. The molecule has 368 valence electrons. The van der Waals surface area contributed by atoms with E-state index < -0.39 is 0 Å². The molecule has 4 heteroatoms. The molecule has 3 nitrogen and oxygen atoms in total. The van der Waals surface area contributed by atoms with Crippen molar-refractivity contribution in [1.29, 1.82) is 0 Å². The molecule has 0 bridgehead atoms. The van der Waals surface area contributed by atoms with Crippen molar-refractivity contribution in [2.24, 2.45) is 0 Å². The largest absolute Gasteiger partial charge is 3.00 e. The molecule has 1 heterocycles. The Morgan fingerprint density at radius 2 is 0.636 bits per heavy atom. The van der Waals surface area contributed by atoms with Crippen LogP contribution in [-0.2, 0) is 20.1 Å². The number of benzene rings is 12. The predicted octanol–water partition coefficient (Wildman–Crippen LogP) is 19.8. The van der Waals surface area contributed by atoms with Crippen molar-refractivity contribution in [1.82, 2.24) is 4.98 Å². The number of hydrogen-bond donors (Lipinski definition) is 0. The smallest absolute Gasteiger partial charge is 0.310 e. The Kier molecular flexibility index (Phi) is 16.7. The van der Waals surface area contributed by atoms with Crippen molar-refractivity contribution in [3.05, 3.63) is 334 Å². The Bertz CT molecular complexity index is 3630. The maximum atomic E-state index is 4.40. The maximum absolute atomic E-state index is 4.40. The van der Waals surface area contributed by atoms with Gasteiger partial charge in [0.1, 0.15) is 0 Å². The first-order valence-electron chi connectivity index (χ1n) is 25.5. The minimum atomic E-state index is 0. The fourth-order valence-electron chi connectivity index (χ4n) is 9.48. The minimum absolute atomic E-state index is 0. The van der Waals surface area contributed by atoms with Gasteiger partial charge in [-0.15, -0.1) is 48.0 Å². The van der Waals surface area contributed by atoms with Crippen LogP contribution in [0.2, 0.25) is 0 Å². The van der Waals surface area contributed by atoms with E-state index in [1.165, 1.54) is 43.8 Å². The van der Waals surface area contributed by atoms with Gasteiger partial charge < -0.3 is 14.8 Å². The van der Waals surface area contributed by atoms with Crippen LogP contribution in [0.1, 0.15) is 0 Å². The van der Waals surface area contributed by atoms with E-state index in [1.54, 1.807) is 0 Å². The summed E-state index contributed by atoms with van der Waals surface area (Å²) in [5.41, 5.74) is 15.7. The first kappa shape index (κ1) is 51.1. The minimum Gasteiger partial charge on any atom is -0.310 e. The number of rotatable bonds is 10. The zero-order chi connectivity index (χ0) is 51.1. The van der Waals surface area contributed by atoms with Gasteiger partial charge in [0.15, 0.2) is 0 Å². The third-order valence-electron chi connectivity index (χ3n) is 13.2. The number of fused-ring (bicyclic) bond motifs is 2. The van der Waals surface area contributed by atoms with Crippen LogP contribution in [0.3, 0.4) is 0 Å². The van der Waals surface area contributed by atoms with E-state index in [9.17, 15) is 0 Å². The van der Waals surface area contributed by atoms with Gasteiger partial charge in [-0.2, -0.15) is 48.5 Å². The number of para-hydroxylation sites is 2. The molecule has 0 radical (unpaired) electrons. The summed E-state index contributed by atoms with van der Waals surface area (Å²) in [7, 11) is 0. The van der Waals surface area contributed by atoms with E-state index >= 15 is 0 Å². The van der Waals surface area contributed by atoms with Crippen molar-refractivity contribution in [2.45, 2.75) is 0 Å². The quantitative estimate of drug-likeness (QED) is 0.127. The van der Waals surface area contributed by atoms with E-state index in [2.05, 4.69) is 245 Å². The zero-order valence-corrected chi connectivity index (χ0v) is 44.6. The molecule has 0 saturated heterocycles. The van der Waals surface area contributed by atoms with Gasteiger partial charge >= 0.3 is 20.1 Å². The molecule has 0 unspecified atom stereocenters. The molecular weight excluding hydrogens is 1110 g/mol. The van der Waals surface area contributed by atoms with Crippen LogP contribution in [0.15, 0.2) is 316 Å². The number of aromatic nitrogens is 1. The Labute approximate surface area is 466 Å². The molecular formula is C73H52IrN3. The number of nitrogens with zero attached hydrogens (tertiary/aromatic N) is 3. The summed E-state index contributed by atoms with van der Waals surface area (Å²) in [5, 5.41) is 4.90. The molecule has 0 saturated carbocycles. The van der Waals surface area contributed by atoms with E-state index in [4.69, 9.17) is 0 Å². The van der Waals surface area contributed by atoms with Crippen LogP contribution in [0, 0.1) is 18.2 Å². The second kappa shape index (κ2) is 25.2. The van der Waals surface area contributed by atoms with E-state index in [-0.39, 0.29) is 20.1 Å². The van der Waals surface area contributed by atoms with Gasteiger partial charge in [-0.3, -0.25) is 0 Å². The average molecular weight is 1160 g/mol. The molecule has 0 fully saturated rings. The maximum Gasteiger partial charge on any atom is 3.00 e. The molecule has 0 aliphatic carbocycles. The van der Waals surface area contributed by atoms with Crippen molar-refractivity contribution in [2.75, 3.05) is 9.80 Å².